The lowest BCUT2D eigenvalue weighted by molar-refractivity contribution is -0.0527. The highest BCUT2D eigenvalue weighted by Gasteiger charge is 2.46. The first kappa shape index (κ1) is 13.1. The van der Waals surface area contributed by atoms with Crippen molar-refractivity contribution in [3.63, 3.8) is 0 Å². The molecule has 2 aliphatic rings. The predicted molar refractivity (Wildman–Crippen MR) is 70.3 cm³/mol. The number of ether oxygens (including phenoxy) is 1. The molecule has 1 unspecified atom stereocenters. The van der Waals surface area contributed by atoms with Crippen molar-refractivity contribution in [1.29, 1.82) is 0 Å². The third-order valence-corrected chi connectivity index (χ3v) is 4.77. The van der Waals surface area contributed by atoms with Crippen LogP contribution in [0.4, 0.5) is 0 Å². The summed E-state index contributed by atoms with van der Waals surface area (Å²) in [6, 6.07) is 0. The SMILES string of the molecule is COC1(c2noc(C(C)(N)C3CC3)n2)CCCCC1. The molecule has 0 aromatic carbocycles. The van der Waals surface area contributed by atoms with Crippen molar-refractivity contribution < 1.29 is 9.26 Å². The maximum absolute atomic E-state index is 6.33. The average Bonchev–Trinajstić information content (AvgIpc) is 3.17. The number of hydrogen-bond acceptors (Lipinski definition) is 5. The van der Waals surface area contributed by atoms with Crippen LogP contribution in [0.3, 0.4) is 0 Å². The summed E-state index contributed by atoms with van der Waals surface area (Å²) in [5, 5.41) is 4.17. The van der Waals surface area contributed by atoms with Crippen LogP contribution in [-0.2, 0) is 15.9 Å². The number of rotatable bonds is 4. The molecule has 2 fully saturated rings. The third kappa shape index (κ3) is 2.19. The molecule has 5 nitrogen and oxygen atoms in total. The second-order valence-corrected chi connectivity index (χ2v) is 6.24. The number of nitrogens with two attached hydrogens (primary N) is 1. The molecule has 1 aromatic rings. The molecule has 0 bridgehead atoms. The Hall–Kier alpha value is -0.940. The molecule has 2 saturated carbocycles. The largest absolute Gasteiger partial charge is 0.370 e. The Morgan fingerprint density at radius 2 is 2.00 bits per heavy atom. The molecular formula is C14H23N3O2. The van der Waals surface area contributed by atoms with Gasteiger partial charge in [-0.3, -0.25) is 0 Å². The molecule has 1 atom stereocenters. The summed E-state index contributed by atoms with van der Waals surface area (Å²) in [6.45, 7) is 1.99. The van der Waals surface area contributed by atoms with Crippen molar-refractivity contribution >= 4 is 0 Å². The van der Waals surface area contributed by atoms with Gasteiger partial charge in [0, 0.05) is 7.11 Å². The van der Waals surface area contributed by atoms with Gasteiger partial charge in [-0.2, -0.15) is 4.98 Å². The highest BCUT2D eigenvalue weighted by Crippen LogP contribution is 2.44. The minimum atomic E-state index is -0.491. The van der Waals surface area contributed by atoms with E-state index in [4.69, 9.17) is 15.0 Å². The maximum Gasteiger partial charge on any atom is 0.246 e. The van der Waals surface area contributed by atoms with Gasteiger partial charge in [-0.25, -0.2) is 0 Å². The smallest absolute Gasteiger partial charge is 0.246 e. The molecule has 0 amide bonds. The van der Waals surface area contributed by atoms with Crippen LogP contribution >= 0.6 is 0 Å². The van der Waals surface area contributed by atoms with Gasteiger partial charge in [-0.05, 0) is 38.5 Å². The number of methoxy groups -OCH3 is 1. The molecule has 0 saturated heterocycles. The lowest BCUT2D eigenvalue weighted by Crippen LogP contribution is -2.36. The van der Waals surface area contributed by atoms with E-state index in [1.165, 1.54) is 6.42 Å². The van der Waals surface area contributed by atoms with Crippen LogP contribution < -0.4 is 5.73 Å². The quantitative estimate of drug-likeness (QED) is 0.905. The van der Waals surface area contributed by atoms with Crippen LogP contribution in [0.1, 0.15) is 63.6 Å². The van der Waals surface area contributed by atoms with E-state index in [0.29, 0.717) is 17.6 Å². The average molecular weight is 265 g/mol. The van der Waals surface area contributed by atoms with Crippen LogP contribution in [0.25, 0.3) is 0 Å². The standard InChI is InChI=1S/C14H23N3O2/c1-13(15,10-6-7-10)12-16-11(17-19-12)14(18-2)8-4-3-5-9-14/h10H,3-9,15H2,1-2H3. The van der Waals surface area contributed by atoms with Crippen LogP contribution in [0.2, 0.25) is 0 Å². The molecule has 0 radical (unpaired) electrons. The van der Waals surface area contributed by atoms with E-state index < -0.39 is 5.54 Å². The van der Waals surface area contributed by atoms with Crippen molar-refractivity contribution in [3.8, 4) is 0 Å². The minimum Gasteiger partial charge on any atom is -0.370 e. The third-order valence-electron chi connectivity index (χ3n) is 4.77. The Bertz CT molecular complexity index is 445. The van der Waals surface area contributed by atoms with Crippen molar-refractivity contribution in [3.05, 3.63) is 11.7 Å². The first-order valence-corrected chi connectivity index (χ1v) is 7.27. The zero-order valence-electron chi connectivity index (χ0n) is 11.8. The first-order chi connectivity index (χ1) is 9.08. The van der Waals surface area contributed by atoms with Gasteiger partial charge >= 0.3 is 0 Å². The van der Waals surface area contributed by atoms with Gasteiger partial charge in [-0.1, -0.05) is 24.4 Å². The molecule has 1 aromatic heterocycles. The monoisotopic (exact) mass is 265 g/mol. The fourth-order valence-electron chi connectivity index (χ4n) is 3.13. The van der Waals surface area contributed by atoms with E-state index in [1.54, 1.807) is 7.11 Å². The van der Waals surface area contributed by atoms with Gasteiger partial charge in [-0.15, -0.1) is 0 Å². The Kier molecular flexibility index (Phi) is 3.14. The second-order valence-electron chi connectivity index (χ2n) is 6.24. The molecule has 3 rings (SSSR count). The summed E-state index contributed by atoms with van der Waals surface area (Å²) in [5.41, 5.74) is 5.48. The molecule has 106 valence electrons. The lowest BCUT2D eigenvalue weighted by atomic mass is 9.84. The fraction of sp³-hybridized carbons (Fsp3) is 0.857. The minimum absolute atomic E-state index is 0.361. The number of aromatic nitrogens is 2. The van der Waals surface area contributed by atoms with E-state index >= 15 is 0 Å². The van der Waals surface area contributed by atoms with Crippen molar-refractivity contribution in [2.45, 2.75) is 63.0 Å². The van der Waals surface area contributed by atoms with Crippen molar-refractivity contribution in [2.24, 2.45) is 11.7 Å². The molecule has 5 heteroatoms. The van der Waals surface area contributed by atoms with E-state index in [1.807, 2.05) is 6.92 Å². The maximum atomic E-state index is 6.33. The van der Waals surface area contributed by atoms with Crippen LogP contribution in [-0.4, -0.2) is 17.3 Å². The summed E-state index contributed by atoms with van der Waals surface area (Å²) in [5.74, 6) is 1.72. The fourth-order valence-corrected chi connectivity index (χ4v) is 3.13. The summed E-state index contributed by atoms with van der Waals surface area (Å²) in [6.07, 6.45) is 7.80. The Labute approximate surface area is 113 Å². The molecule has 0 spiro atoms. The van der Waals surface area contributed by atoms with Gasteiger partial charge in [0.25, 0.3) is 0 Å². The second kappa shape index (κ2) is 4.56. The van der Waals surface area contributed by atoms with Crippen LogP contribution in [0, 0.1) is 5.92 Å². The van der Waals surface area contributed by atoms with Gasteiger partial charge in [0.2, 0.25) is 11.7 Å². The molecular weight excluding hydrogens is 242 g/mol. The van der Waals surface area contributed by atoms with E-state index in [9.17, 15) is 0 Å². The molecule has 1 heterocycles. The van der Waals surface area contributed by atoms with Crippen molar-refractivity contribution in [2.75, 3.05) is 7.11 Å². The summed E-state index contributed by atoms with van der Waals surface area (Å²) in [7, 11) is 1.74. The zero-order chi connectivity index (χ0) is 13.5. The molecule has 19 heavy (non-hydrogen) atoms. The highest BCUT2D eigenvalue weighted by atomic mass is 16.5. The highest BCUT2D eigenvalue weighted by molar-refractivity contribution is 5.11. The number of hydrogen-bond donors (Lipinski definition) is 1. The molecule has 2 N–H and O–H groups in total. The predicted octanol–water partition coefficient (Wildman–Crippen LogP) is 2.46. The van der Waals surface area contributed by atoms with E-state index in [-0.39, 0.29) is 5.60 Å². The van der Waals surface area contributed by atoms with Crippen molar-refractivity contribution in [1.82, 2.24) is 10.1 Å². The summed E-state index contributed by atoms with van der Waals surface area (Å²) < 4.78 is 11.2. The van der Waals surface area contributed by atoms with Gasteiger partial charge in [0.05, 0.1) is 5.54 Å². The summed E-state index contributed by atoms with van der Waals surface area (Å²) in [4.78, 5) is 4.58. The van der Waals surface area contributed by atoms with E-state index in [2.05, 4.69) is 10.1 Å². The Balaban J connectivity index is 1.87. The van der Waals surface area contributed by atoms with Gasteiger partial charge in [0.1, 0.15) is 5.60 Å². The van der Waals surface area contributed by atoms with Gasteiger partial charge < -0.3 is 15.0 Å². The topological polar surface area (TPSA) is 74.2 Å². The van der Waals surface area contributed by atoms with Gasteiger partial charge in [0.15, 0.2) is 0 Å². The van der Waals surface area contributed by atoms with Crippen LogP contribution in [0.15, 0.2) is 4.52 Å². The first-order valence-electron chi connectivity index (χ1n) is 7.27. The Morgan fingerprint density at radius 3 is 2.58 bits per heavy atom. The molecule has 2 aliphatic carbocycles. The van der Waals surface area contributed by atoms with Crippen LogP contribution in [0.5, 0.6) is 0 Å². The zero-order valence-corrected chi connectivity index (χ0v) is 11.8. The number of nitrogens with zero attached hydrogens (tertiary/aromatic N) is 2. The molecule has 0 aliphatic heterocycles. The normalized spacial score (nSPS) is 26.1. The van der Waals surface area contributed by atoms with E-state index in [0.717, 1.165) is 38.5 Å². The lowest BCUT2D eigenvalue weighted by Gasteiger charge is -2.32. The Morgan fingerprint density at radius 1 is 1.32 bits per heavy atom. The summed E-state index contributed by atoms with van der Waals surface area (Å²) >= 11 is 0.